The molecule has 3 aromatic heterocycles. The Morgan fingerprint density at radius 2 is 1.94 bits per heavy atom. The molecule has 3 heterocycles. The summed E-state index contributed by atoms with van der Waals surface area (Å²) in [6.45, 7) is 1.54. The Morgan fingerprint density at radius 1 is 1.15 bits per heavy atom. The lowest BCUT2D eigenvalue weighted by Gasteiger charge is -2.21. The maximum atomic E-state index is 13.7. The molecule has 5 rings (SSSR count). The molecule has 0 unspecified atom stereocenters. The average Bonchev–Trinajstić information content (AvgIpc) is 3.19. The van der Waals surface area contributed by atoms with E-state index in [9.17, 15) is 14.7 Å². The van der Waals surface area contributed by atoms with Crippen molar-refractivity contribution >= 4 is 28.1 Å². The monoisotopic (exact) mass is 454 g/mol. The van der Waals surface area contributed by atoms with E-state index >= 15 is 0 Å². The van der Waals surface area contributed by atoms with Crippen molar-refractivity contribution in [3.05, 3.63) is 100 Å². The molecule has 5 aromatic rings. The number of nitrogens with one attached hydrogen (secondary N) is 1. The molecule has 0 aliphatic rings. The second kappa shape index (κ2) is 8.45. The smallest absolute Gasteiger partial charge is 0.263 e. The van der Waals surface area contributed by atoms with Crippen molar-refractivity contribution in [3.8, 4) is 5.69 Å². The average molecular weight is 454 g/mol. The number of amides is 1. The van der Waals surface area contributed by atoms with Gasteiger partial charge in [-0.15, -0.1) is 5.10 Å². The van der Waals surface area contributed by atoms with E-state index in [1.807, 2.05) is 42.5 Å². The van der Waals surface area contributed by atoms with Gasteiger partial charge in [-0.05, 0) is 42.1 Å². The topological polar surface area (TPSA) is 128 Å². The highest BCUT2D eigenvalue weighted by molar-refractivity contribution is 6.04. The van der Waals surface area contributed by atoms with Crippen LogP contribution >= 0.6 is 0 Å². The molecule has 34 heavy (non-hydrogen) atoms. The number of aromatic nitrogens is 4. The predicted molar refractivity (Wildman–Crippen MR) is 129 cm³/mol. The van der Waals surface area contributed by atoms with Gasteiger partial charge in [0.2, 0.25) is 0 Å². The molecule has 1 amide bonds. The summed E-state index contributed by atoms with van der Waals surface area (Å²) in [5, 5.41) is 18.0. The zero-order valence-corrected chi connectivity index (χ0v) is 18.3. The molecule has 0 aliphatic heterocycles. The van der Waals surface area contributed by atoms with Crippen molar-refractivity contribution in [2.45, 2.75) is 19.6 Å². The van der Waals surface area contributed by atoms with Crippen LogP contribution in [0, 0.1) is 0 Å². The predicted octanol–water partition coefficient (Wildman–Crippen LogP) is 2.60. The number of aliphatic hydroxyl groups excluding tert-OH is 1. The highest BCUT2D eigenvalue weighted by Crippen LogP contribution is 2.24. The summed E-state index contributed by atoms with van der Waals surface area (Å²) in [7, 11) is 0. The van der Waals surface area contributed by atoms with Crippen LogP contribution in [0.4, 0.5) is 5.82 Å². The molecule has 0 fully saturated rings. The van der Waals surface area contributed by atoms with Gasteiger partial charge in [-0.3, -0.25) is 14.2 Å². The number of rotatable bonds is 5. The van der Waals surface area contributed by atoms with Crippen LogP contribution in [0.25, 0.3) is 22.1 Å². The summed E-state index contributed by atoms with van der Waals surface area (Å²) >= 11 is 0. The maximum absolute atomic E-state index is 13.7. The van der Waals surface area contributed by atoms with Gasteiger partial charge in [0, 0.05) is 23.8 Å². The highest BCUT2D eigenvalue weighted by Gasteiger charge is 2.23. The summed E-state index contributed by atoms with van der Waals surface area (Å²) in [6.07, 6.45) is 3.22. The lowest BCUT2D eigenvalue weighted by Crippen LogP contribution is -2.32. The molecular formula is C25H22N6O3. The van der Waals surface area contributed by atoms with Gasteiger partial charge in [0.25, 0.3) is 11.5 Å². The number of nitrogens with zero attached hydrogens (tertiary/aromatic N) is 4. The van der Waals surface area contributed by atoms with Gasteiger partial charge in [-0.25, -0.2) is 9.50 Å². The first-order chi connectivity index (χ1) is 16.5. The van der Waals surface area contributed by atoms with Crippen molar-refractivity contribution in [1.82, 2.24) is 24.5 Å². The second-order valence-corrected chi connectivity index (χ2v) is 7.93. The van der Waals surface area contributed by atoms with Gasteiger partial charge >= 0.3 is 0 Å². The van der Waals surface area contributed by atoms with Gasteiger partial charge in [0.1, 0.15) is 5.56 Å². The first-order valence-electron chi connectivity index (χ1n) is 10.7. The SMILES string of the molecule is C[C@H](NC(=O)c1c(N)nn2cccnc12)c1cc2cccc(CO)c2c(=O)n1-c1ccccc1. The third-order valence-corrected chi connectivity index (χ3v) is 5.79. The number of fused-ring (bicyclic) bond motifs is 2. The summed E-state index contributed by atoms with van der Waals surface area (Å²) in [4.78, 5) is 31.1. The highest BCUT2D eigenvalue weighted by atomic mass is 16.3. The zero-order valence-electron chi connectivity index (χ0n) is 18.3. The third-order valence-electron chi connectivity index (χ3n) is 5.79. The minimum atomic E-state index is -0.569. The van der Waals surface area contributed by atoms with E-state index in [-0.39, 0.29) is 23.5 Å². The van der Waals surface area contributed by atoms with Crippen molar-refractivity contribution in [2.75, 3.05) is 5.73 Å². The Hall–Kier alpha value is -4.50. The largest absolute Gasteiger partial charge is 0.392 e. The van der Waals surface area contributed by atoms with Crippen LogP contribution in [0.15, 0.2) is 77.9 Å². The lowest BCUT2D eigenvalue weighted by molar-refractivity contribution is 0.0941. The van der Waals surface area contributed by atoms with Crippen LogP contribution in [0.2, 0.25) is 0 Å². The first-order valence-corrected chi connectivity index (χ1v) is 10.7. The van der Waals surface area contributed by atoms with Gasteiger partial charge < -0.3 is 16.2 Å². The van der Waals surface area contributed by atoms with Gasteiger partial charge in [0.05, 0.1) is 18.0 Å². The molecule has 1 atom stereocenters. The quantitative estimate of drug-likeness (QED) is 0.375. The Bertz CT molecular complexity index is 1590. The Morgan fingerprint density at radius 3 is 2.71 bits per heavy atom. The maximum Gasteiger partial charge on any atom is 0.263 e. The van der Waals surface area contributed by atoms with E-state index in [2.05, 4.69) is 15.4 Å². The summed E-state index contributed by atoms with van der Waals surface area (Å²) < 4.78 is 3.01. The Labute approximate surface area is 194 Å². The molecule has 170 valence electrons. The zero-order chi connectivity index (χ0) is 23.8. The summed E-state index contributed by atoms with van der Waals surface area (Å²) in [5.41, 5.74) is 8.02. The minimum absolute atomic E-state index is 0.0648. The van der Waals surface area contributed by atoms with E-state index in [0.717, 1.165) is 0 Å². The molecule has 0 aliphatic carbocycles. The van der Waals surface area contributed by atoms with Crippen LogP contribution in [0.3, 0.4) is 0 Å². The number of anilines is 1. The molecule has 0 saturated heterocycles. The number of nitrogen functional groups attached to an aromatic ring is 1. The van der Waals surface area contributed by atoms with E-state index in [0.29, 0.717) is 33.4 Å². The fraction of sp³-hybridized carbons (Fsp3) is 0.120. The van der Waals surface area contributed by atoms with E-state index in [1.54, 1.807) is 42.1 Å². The number of hydrogen-bond donors (Lipinski definition) is 3. The normalized spacial score (nSPS) is 12.2. The number of para-hydroxylation sites is 1. The molecule has 9 heteroatoms. The number of carbonyl (C=O) groups is 1. The molecule has 9 nitrogen and oxygen atoms in total. The Balaban J connectivity index is 1.64. The van der Waals surface area contributed by atoms with E-state index in [4.69, 9.17) is 5.73 Å². The fourth-order valence-corrected chi connectivity index (χ4v) is 4.21. The lowest BCUT2D eigenvalue weighted by atomic mass is 10.0. The molecule has 0 bridgehead atoms. The number of benzene rings is 2. The van der Waals surface area contributed by atoms with Crippen molar-refractivity contribution in [3.63, 3.8) is 0 Å². The number of nitrogens with two attached hydrogens (primary N) is 1. The van der Waals surface area contributed by atoms with Crippen LogP contribution in [0.5, 0.6) is 0 Å². The first kappa shape index (κ1) is 21.4. The van der Waals surface area contributed by atoms with Crippen LogP contribution in [-0.4, -0.2) is 30.2 Å². The molecule has 0 saturated carbocycles. The van der Waals surface area contributed by atoms with Crippen molar-refractivity contribution in [2.24, 2.45) is 0 Å². The molecule has 2 aromatic carbocycles. The number of aliphatic hydroxyl groups is 1. The van der Waals surface area contributed by atoms with Gasteiger partial charge in [-0.1, -0.05) is 36.4 Å². The Kier molecular flexibility index (Phi) is 5.31. The molecule has 0 spiro atoms. The van der Waals surface area contributed by atoms with Crippen molar-refractivity contribution in [1.29, 1.82) is 0 Å². The summed E-state index contributed by atoms with van der Waals surface area (Å²) in [6, 6.07) is 17.5. The fourth-order valence-electron chi connectivity index (χ4n) is 4.21. The molecule has 4 N–H and O–H groups in total. The molecular weight excluding hydrogens is 432 g/mol. The van der Waals surface area contributed by atoms with Crippen LogP contribution in [0.1, 0.15) is 34.6 Å². The van der Waals surface area contributed by atoms with Crippen LogP contribution < -0.4 is 16.6 Å². The van der Waals surface area contributed by atoms with Crippen LogP contribution in [-0.2, 0) is 6.61 Å². The molecule has 0 radical (unpaired) electrons. The second-order valence-electron chi connectivity index (χ2n) is 7.93. The number of hydrogen-bond acceptors (Lipinski definition) is 6. The van der Waals surface area contributed by atoms with Crippen molar-refractivity contribution < 1.29 is 9.90 Å². The van der Waals surface area contributed by atoms with E-state index < -0.39 is 11.9 Å². The number of pyridine rings is 1. The van der Waals surface area contributed by atoms with Gasteiger partial charge in [-0.2, -0.15) is 0 Å². The third kappa shape index (κ3) is 3.48. The summed E-state index contributed by atoms with van der Waals surface area (Å²) in [5.74, 6) is -0.384. The standard InChI is InChI=1S/C25H22N6O3/c1-15(28-24(33)21-22(26)29-30-12-6-11-27-23(21)30)19-13-16-7-5-8-17(14-32)20(16)25(34)31(19)18-9-3-2-4-10-18/h2-13,15,32H,14H2,1H3,(H2,26,29)(H,28,33)/t15-/m0/s1. The van der Waals surface area contributed by atoms with Gasteiger partial charge in [0.15, 0.2) is 11.5 Å². The minimum Gasteiger partial charge on any atom is -0.392 e. The number of carbonyl (C=O) groups excluding carboxylic acids is 1. The van der Waals surface area contributed by atoms with E-state index in [1.165, 1.54) is 4.52 Å².